The highest BCUT2D eigenvalue weighted by molar-refractivity contribution is 6.30. The van der Waals surface area contributed by atoms with Crippen LogP contribution in [0.25, 0.3) is 0 Å². The number of rotatable bonds is 5. The first-order chi connectivity index (χ1) is 9.46. The maximum atomic E-state index is 9.89. The van der Waals surface area contributed by atoms with Gasteiger partial charge in [0.05, 0.1) is 11.7 Å². The molecule has 1 aliphatic rings. The molecule has 0 aromatic rings. The maximum Gasteiger partial charge on any atom is 0.166 e. The van der Waals surface area contributed by atoms with Gasteiger partial charge in [-0.3, -0.25) is 0 Å². The molecular weight excluding hydrogens is 276 g/mol. The average molecular weight is 315 g/mol. The third kappa shape index (κ3) is 6.03. The number of hydrogen-bond acceptors (Lipinski definition) is 2. The Morgan fingerprint density at radius 3 is 1.86 bits per heavy atom. The van der Waals surface area contributed by atoms with Crippen LogP contribution in [-0.2, 0) is 4.43 Å². The molecule has 21 heavy (non-hydrogen) atoms. The molecule has 0 radical (unpaired) electrons. The molecule has 1 N–H and O–H groups in total. The van der Waals surface area contributed by atoms with Gasteiger partial charge in [-0.2, -0.15) is 0 Å². The SMILES string of the molecule is CC(O)CC1(O[SiH2]C(C(C)(C)C)C(C)(C)C)CCCCC1. The van der Waals surface area contributed by atoms with Crippen LogP contribution in [0.1, 0.15) is 87.0 Å². The van der Waals surface area contributed by atoms with Crippen molar-refractivity contribution in [3.05, 3.63) is 0 Å². The van der Waals surface area contributed by atoms with Crippen molar-refractivity contribution < 1.29 is 9.53 Å². The molecule has 0 aliphatic heterocycles. The highest BCUT2D eigenvalue weighted by Crippen LogP contribution is 2.46. The van der Waals surface area contributed by atoms with E-state index in [4.69, 9.17) is 4.43 Å². The Balaban J connectivity index is 2.78. The highest BCUT2D eigenvalue weighted by Gasteiger charge is 2.40. The van der Waals surface area contributed by atoms with Gasteiger partial charge in [0.2, 0.25) is 0 Å². The zero-order chi connectivity index (χ0) is 16.3. The third-order valence-electron chi connectivity index (χ3n) is 5.08. The lowest BCUT2D eigenvalue weighted by atomic mass is 9.77. The van der Waals surface area contributed by atoms with Crippen LogP contribution >= 0.6 is 0 Å². The summed E-state index contributed by atoms with van der Waals surface area (Å²) in [5.74, 6) is 0. The largest absolute Gasteiger partial charge is 0.418 e. The van der Waals surface area contributed by atoms with Crippen LogP contribution in [0, 0.1) is 10.8 Å². The summed E-state index contributed by atoms with van der Waals surface area (Å²) >= 11 is 0. The van der Waals surface area contributed by atoms with Crippen molar-refractivity contribution in [1.82, 2.24) is 0 Å². The van der Waals surface area contributed by atoms with Crippen molar-refractivity contribution in [2.24, 2.45) is 10.8 Å². The monoisotopic (exact) mass is 314 g/mol. The van der Waals surface area contributed by atoms with Gasteiger partial charge in [-0.1, -0.05) is 60.8 Å². The normalized spacial score (nSPS) is 22.1. The van der Waals surface area contributed by atoms with Gasteiger partial charge in [0.1, 0.15) is 0 Å². The van der Waals surface area contributed by atoms with Gasteiger partial charge < -0.3 is 9.53 Å². The summed E-state index contributed by atoms with van der Waals surface area (Å²) in [7, 11) is -0.639. The molecule has 0 heterocycles. The molecule has 2 nitrogen and oxygen atoms in total. The highest BCUT2D eigenvalue weighted by atomic mass is 28.2. The Labute approximate surface area is 135 Å². The Kier molecular flexibility index (Phi) is 6.52. The standard InChI is InChI=1S/C18H38O2Si/c1-14(19)13-18(11-9-8-10-12-18)20-21-15(16(2,3)4)17(5,6)7/h14-15,19H,8-13,21H2,1-7H3. The van der Waals surface area contributed by atoms with E-state index >= 15 is 0 Å². The van der Waals surface area contributed by atoms with Crippen molar-refractivity contribution in [3.63, 3.8) is 0 Å². The molecule has 1 fully saturated rings. The molecule has 1 unspecified atom stereocenters. The van der Waals surface area contributed by atoms with Crippen LogP contribution in [0.5, 0.6) is 0 Å². The van der Waals surface area contributed by atoms with Crippen molar-refractivity contribution in [2.75, 3.05) is 0 Å². The van der Waals surface area contributed by atoms with Gasteiger partial charge in [0, 0.05) is 6.42 Å². The van der Waals surface area contributed by atoms with Gasteiger partial charge in [-0.15, -0.1) is 0 Å². The lowest BCUT2D eigenvalue weighted by Crippen LogP contribution is -2.43. The second kappa shape index (κ2) is 7.14. The summed E-state index contributed by atoms with van der Waals surface area (Å²) in [5, 5.41) is 9.89. The van der Waals surface area contributed by atoms with E-state index < -0.39 is 9.76 Å². The van der Waals surface area contributed by atoms with Crippen LogP contribution in [0.15, 0.2) is 0 Å². The first kappa shape index (κ1) is 19.2. The van der Waals surface area contributed by atoms with E-state index in [0.29, 0.717) is 16.4 Å². The molecule has 1 saturated carbocycles. The summed E-state index contributed by atoms with van der Waals surface area (Å²) in [5.41, 5.74) is 1.22. The minimum Gasteiger partial charge on any atom is -0.418 e. The molecule has 0 bridgehead atoms. The molecule has 0 aromatic heterocycles. The fraction of sp³-hybridized carbons (Fsp3) is 1.00. The van der Waals surface area contributed by atoms with Crippen molar-refractivity contribution in [3.8, 4) is 0 Å². The predicted molar refractivity (Wildman–Crippen MR) is 94.4 cm³/mol. The first-order valence-electron chi connectivity index (χ1n) is 8.78. The molecule has 1 aliphatic carbocycles. The van der Waals surface area contributed by atoms with E-state index in [1.54, 1.807) is 0 Å². The Morgan fingerprint density at radius 2 is 1.48 bits per heavy atom. The van der Waals surface area contributed by atoms with E-state index in [2.05, 4.69) is 41.5 Å². The van der Waals surface area contributed by atoms with Crippen molar-refractivity contribution >= 4 is 9.76 Å². The molecular formula is C18H38O2Si. The van der Waals surface area contributed by atoms with Crippen molar-refractivity contribution in [2.45, 2.75) is 104 Å². The van der Waals surface area contributed by atoms with Crippen LogP contribution in [0.4, 0.5) is 0 Å². The third-order valence-corrected chi connectivity index (χ3v) is 8.64. The van der Waals surface area contributed by atoms with E-state index in [0.717, 1.165) is 19.3 Å². The second-order valence-electron chi connectivity index (χ2n) is 9.39. The lowest BCUT2D eigenvalue weighted by Gasteiger charge is -2.45. The smallest absolute Gasteiger partial charge is 0.166 e. The van der Waals surface area contributed by atoms with Gasteiger partial charge in [-0.05, 0) is 36.1 Å². The number of aliphatic hydroxyl groups excluding tert-OH is 1. The molecule has 126 valence electrons. The quantitative estimate of drug-likeness (QED) is 0.760. The summed E-state index contributed by atoms with van der Waals surface area (Å²) in [6.07, 6.45) is 6.71. The Morgan fingerprint density at radius 1 is 1.00 bits per heavy atom. The molecule has 1 atom stereocenters. The second-order valence-corrected chi connectivity index (χ2v) is 10.8. The van der Waals surface area contributed by atoms with E-state index in [9.17, 15) is 5.11 Å². The maximum absolute atomic E-state index is 9.89. The van der Waals surface area contributed by atoms with E-state index in [-0.39, 0.29) is 11.7 Å². The van der Waals surface area contributed by atoms with E-state index in [1.165, 1.54) is 19.3 Å². The van der Waals surface area contributed by atoms with Crippen molar-refractivity contribution in [1.29, 1.82) is 0 Å². The molecule has 1 rings (SSSR count). The molecule has 0 amide bonds. The van der Waals surface area contributed by atoms with Gasteiger partial charge in [-0.25, -0.2) is 0 Å². The molecule has 3 heteroatoms. The lowest BCUT2D eigenvalue weighted by molar-refractivity contribution is -0.0152. The minimum absolute atomic E-state index is 0.0204. The van der Waals surface area contributed by atoms with Crippen LogP contribution in [0.2, 0.25) is 5.54 Å². The Hall–Kier alpha value is 0.137. The summed E-state index contributed by atoms with van der Waals surface area (Å²) in [6.45, 7) is 16.0. The number of hydrogen-bond donors (Lipinski definition) is 1. The van der Waals surface area contributed by atoms with Gasteiger partial charge in [0.15, 0.2) is 9.76 Å². The minimum atomic E-state index is -0.639. The van der Waals surface area contributed by atoms with E-state index in [1.807, 2.05) is 6.92 Å². The van der Waals surface area contributed by atoms with Gasteiger partial charge in [0.25, 0.3) is 0 Å². The summed E-state index contributed by atoms with van der Waals surface area (Å²) < 4.78 is 6.68. The molecule has 0 spiro atoms. The first-order valence-corrected chi connectivity index (χ1v) is 10.2. The van der Waals surface area contributed by atoms with Crippen LogP contribution < -0.4 is 0 Å². The van der Waals surface area contributed by atoms with Crippen LogP contribution in [0.3, 0.4) is 0 Å². The number of aliphatic hydroxyl groups is 1. The zero-order valence-corrected chi connectivity index (χ0v) is 16.9. The van der Waals surface area contributed by atoms with Gasteiger partial charge >= 0.3 is 0 Å². The molecule has 0 saturated heterocycles. The zero-order valence-electron chi connectivity index (χ0n) is 15.5. The Bertz CT molecular complexity index is 292. The van der Waals surface area contributed by atoms with Crippen LogP contribution in [-0.4, -0.2) is 26.6 Å². The average Bonchev–Trinajstić information content (AvgIpc) is 2.25. The summed E-state index contributed by atoms with van der Waals surface area (Å²) in [6, 6.07) is 0. The summed E-state index contributed by atoms with van der Waals surface area (Å²) in [4.78, 5) is 0. The molecule has 0 aromatic carbocycles. The fourth-order valence-electron chi connectivity index (χ4n) is 4.20. The topological polar surface area (TPSA) is 29.5 Å². The predicted octanol–water partition coefficient (Wildman–Crippen LogP) is 4.44. The fourth-order valence-corrected chi connectivity index (χ4v) is 6.13.